The van der Waals surface area contributed by atoms with Crippen molar-refractivity contribution in [3.05, 3.63) is 63.7 Å². The molecule has 2 amide bonds. The molecule has 3 aromatic rings. The monoisotopic (exact) mass is 540 g/mol. The lowest BCUT2D eigenvalue weighted by Gasteiger charge is -2.22. The Labute approximate surface area is 209 Å². The molecule has 0 spiro atoms. The second kappa shape index (κ2) is 9.03. The van der Waals surface area contributed by atoms with E-state index >= 15 is 0 Å². The van der Waals surface area contributed by atoms with Gasteiger partial charge in [-0.15, -0.1) is 0 Å². The summed E-state index contributed by atoms with van der Waals surface area (Å²) < 4.78 is 89.4. The first kappa shape index (κ1) is 25.5. The summed E-state index contributed by atoms with van der Waals surface area (Å²) >= 11 is 0. The zero-order valence-electron chi connectivity index (χ0n) is 19.5. The number of fused-ring (bicyclic) bond motifs is 1. The number of hydrogen-bond donors (Lipinski definition) is 1. The van der Waals surface area contributed by atoms with Crippen molar-refractivity contribution in [1.82, 2.24) is 14.9 Å². The number of carbonyl (C=O) groups excluding carboxylic acids is 2. The molecule has 1 unspecified atom stereocenters. The maximum absolute atomic E-state index is 14.8. The molecule has 2 atom stereocenters. The number of cyclic esters (lactones) is 1. The Hall–Kier alpha value is -4.10. The van der Waals surface area contributed by atoms with E-state index in [0.29, 0.717) is 22.9 Å². The Morgan fingerprint density at radius 2 is 1.79 bits per heavy atom. The Kier molecular flexibility index (Phi) is 6.07. The molecule has 1 N–H and O–H groups in total. The third kappa shape index (κ3) is 4.54. The van der Waals surface area contributed by atoms with E-state index in [1.165, 1.54) is 6.07 Å². The zero-order chi connectivity index (χ0) is 27.5. The molecule has 38 heavy (non-hydrogen) atoms. The van der Waals surface area contributed by atoms with Gasteiger partial charge in [0.1, 0.15) is 35.0 Å². The standard InChI is InChI=1S/C24H18F6N4O4/c1-10-8-33(23(37)38-10)17-5-4-13-19(35)14(22(36)32-20(11-2-3-11)24(28,29)30)9-34(21(13)31-17)18-15(26)6-12(25)7-16(18)27/h4-7,9-11,20H,2-3,8H2,1H3,(H,32,36)/t10-,20?/m1/s1. The lowest BCUT2D eigenvalue weighted by molar-refractivity contribution is -0.158. The van der Waals surface area contributed by atoms with E-state index in [9.17, 15) is 40.7 Å². The molecule has 0 radical (unpaired) electrons. The van der Waals surface area contributed by atoms with Gasteiger partial charge in [-0.1, -0.05) is 0 Å². The number of anilines is 1. The topological polar surface area (TPSA) is 93.5 Å². The van der Waals surface area contributed by atoms with Crippen LogP contribution in [0.4, 0.5) is 37.0 Å². The summed E-state index contributed by atoms with van der Waals surface area (Å²) in [7, 11) is 0. The minimum atomic E-state index is -4.79. The second-order valence-corrected chi connectivity index (χ2v) is 9.14. The van der Waals surface area contributed by atoms with Crippen LogP contribution < -0.4 is 15.6 Å². The van der Waals surface area contributed by atoms with E-state index in [2.05, 4.69) is 4.98 Å². The van der Waals surface area contributed by atoms with Gasteiger partial charge < -0.3 is 10.1 Å². The Morgan fingerprint density at radius 3 is 2.34 bits per heavy atom. The molecule has 14 heteroatoms. The summed E-state index contributed by atoms with van der Waals surface area (Å²) in [6, 6.07) is 0.804. The zero-order valence-corrected chi connectivity index (χ0v) is 19.5. The first-order valence-corrected chi connectivity index (χ1v) is 11.4. The molecule has 2 aromatic heterocycles. The van der Waals surface area contributed by atoms with Crippen LogP contribution in [-0.2, 0) is 4.74 Å². The summed E-state index contributed by atoms with van der Waals surface area (Å²) in [6.07, 6.45) is -4.98. The van der Waals surface area contributed by atoms with Crippen LogP contribution in [0.25, 0.3) is 16.7 Å². The van der Waals surface area contributed by atoms with Gasteiger partial charge in [0.2, 0.25) is 5.43 Å². The Bertz CT molecular complexity index is 1510. The van der Waals surface area contributed by atoms with Crippen LogP contribution in [0.5, 0.6) is 0 Å². The van der Waals surface area contributed by atoms with Gasteiger partial charge in [-0.05, 0) is 37.8 Å². The molecular weight excluding hydrogens is 522 g/mol. The molecule has 3 heterocycles. The van der Waals surface area contributed by atoms with Crippen LogP contribution in [0, 0.1) is 23.4 Å². The second-order valence-electron chi connectivity index (χ2n) is 9.14. The predicted molar refractivity (Wildman–Crippen MR) is 121 cm³/mol. The number of benzene rings is 1. The highest BCUT2D eigenvalue weighted by molar-refractivity contribution is 5.98. The average Bonchev–Trinajstić information content (AvgIpc) is 3.59. The van der Waals surface area contributed by atoms with Crippen LogP contribution in [0.1, 0.15) is 30.1 Å². The molecular formula is C24H18F6N4O4. The van der Waals surface area contributed by atoms with Gasteiger partial charge in [0.15, 0.2) is 17.3 Å². The number of nitrogens with one attached hydrogen (secondary N) is 1. The smallest absolute Gasteiger partial charge is 0.415 e. The van der Waals surface area contributed by atoms with Gasteiger partial charge in [0.25, 0.3) is 5.91 Å². The highest BCUT2D eigenvalue weighted by Gasteiger charge is 2.50. The maximum atomic E-state index is 14.8. The molecule has 1 aromatic carbocycles. The number of carbonyl (C=O) groups is 2. The van der Waals surface area contributed by atoms with Gasteiger partial charge in [-0.25, -0.2) is 22.9 Å². The number of hydrogen-bond acceptors (Lipinski definition) is 5. The highest BCUT2D eigenvalue weighted by Crippen LogP contribution is 2.40. The van der Waals surface area contributed by atoms with E-state index in [1.807, 2.05) is 5.32 Å². The summed E-state index contributed by atoms with van der Waals surface area (Å²) in [5.41, 5.74) is -3.29. The molecule has 5 rings (SSSR count). The van der Waals surface area contributed by atoms with Crippen LogP contribution in [0.15, 0.2) is 35.3 Å². The van der Waals surface area contributed by atoms with Gasteiger partial charge in [-0.3, -0.25) is 19.1 Å². The molecule has 1 aliphatic carbocycles. The number of alkyl halides is 3. The fourth-order valence-electron chi connectivity index (χ4n) is 4.35. The average molecular weight is 540 g/mol. The molecule has 1 aliphatic heterocycles. The lowest BCUT2D eigenvalue weighted by Crippen LogP contribution is -2.48. The van der Waals surface area contributed by atoms with E-state index in [4.69, 9.17) is 4.74 Å². The van der Waals surface area contributed by atoms with Crippen LogP contribution in [0.3, 0.4) is 0 Å². The molecule has 8 nitrogen and oxygen atoms in total. The van der Waals surface area contributed by atoms with Crippen molar-refractivity contribution < 1.29 is 40.7 Å². The first-order valence-electron chi connectivity index (χ1n) is 11.4. The minimum absolute atomic E-state index is 0.0639. The summed E-state index contributed by atoms with van der Waals surface area (Å²) in [5, 5.41) is 1.42. The van der Waals surface area contributed by atoms with Crippen molar-refractivity contribution in [2.45, 2.75) is 38.1 Å². The third-order valence-electron chi connectivity index (χ3n) is 6.27. The molecule has 0 bridgehead atoms. The van der Waals surface area contributed by atoms with Crippen molar-refractivity contribution in [2.24, 2.45) is 5.92 Å². The number of aromatic nitrogens is 2. The number of ether oxygens (including phenoxy) is 1. The Morgan fingerprint density at radius 1 is 1.13 bits per heavy atom. The number of rotatable bonds is 5. The molecule has 2 fully saturated rings. The van der Waals surface area contributed by atoms with E-state index < -0.39 is 76.0 Å². The lowest BCUT2D eigenvalue weighted by atomic mass is 10.1. The fourth-order valence-corrected chi connectivity index (χ4v) is 4.35. The molecule has 1 saturated carbocycles. The van der Waals surface area contributed by atoms with Crippen molar-refractivity contribution in [1.29, 1.82) is 0 Å². The highest BCUT2D eigenvalue weighted by atomic mass is 19.4. The number of amides is 2. The quantitative estimate of drug-likeness (QED) is 0.490. The van der Waals surface area contributed by atoms with Crippen molar-refractivity contribution in [3.8, 4) is 5.69 Å². The largest absolute Gasteiger partial charge is 0.444 e. The van der Waals surface area contributed by atoms with Gasteiger partial charge in [0, 0.05) is 18.3 Å². The molecule has 200 valence electrons. The third-order valence-corrected chi connectivity index (χ3v) is 6.27. The van der Waals surface area contributed by atoms with Crippen molar-refractivity contribution >= 4 is 28.9 Å². The summed E-state index contributed by atoms with van der Waals surface area (Å²) in [5.74, 6) is -6.47. The Balaban J connectivity index is 1.70. The summed E-state index contributed by atoms with van der Waals surface area (Å²) in [4.78, 5) is 43.5. The number of nitrogens with zero attached hydrogens (tertiary/aromatic N) is 3. The summed E-state index contributed by atoms with van der Waals surface area (Å²) in [6.45, 7) is 1.68. The SMILES string of the molecule is C[C@@H]1CN(c2ccc3c(=O)c(C(=O)NC(C4CC4)C(F)(F)F)cn(-c4c(F)cc(F)cc4F)c3n2)C(=O)O1. The number of pyridine rings is 2. The van der Waals surface area contributed by atoms with Crippen molar-refractivity contribution in [2.75, 3.05) is 11.4 Å². The number of halogens is 6. The van der Waals surface area contributed by atoms with E-state index in [-0.39, 0.29) is 30.6 Å². The van der Waals surface area contributed by atoms with Crippen LogP contribution in [0.2, 0.25) is 0 Å². The molecule has 1 saturated heterocycles. The first-order chi connectivity index (χ1) is 17.8. The van der Waals surface area contributed by atoms with Gasteiger partial charge in [0.05, 0.1) is 11.9 Å². The van der Waals surface area contributed by atoms with Crippen LogP contribution in [-0.4, -0.2) is 46.4 Å². The minimum Gasteiger partial charge on any atom is -0.444 e. The van der Waals surface area contributed by atoms with E-state index in [1.54, 1.807) is 6.92 Å². The van der Waals surface area contributed by atoms with Crippen molar-refractivity contribution in [3.63, 3.8) is 0 Å². The normalized spacial score (nSPS) is 18.6. The maximum Gasteiger partial charge on any atom is 0.415 e. The van der Waals surface area contributed by atoms with Crippen LogP contribution >= 0.6 is 0 Å². The van der Waals surface area contributed by atoms with Gasteiger partial charge >= 0.3 is 12.3 Å². The molecule has 2 aliphatic rings. The van der Waals surface area contributed by atoms with E-state index in [0.717, 1.165) is 11.0 Å². The predicted octanol–water partition coefficient (Wildman–Crippen LogP) is 4.22. The van der Waals surface area contributed by atoms with Gasteiger partial charge in [-0.2, -0.15) is 13.2 Å². The fraction of sp³-hybridized carbons (Fsp3) is 0.333.